The van der Waals surface area contributed by atoms with E-state index in [0.29, 0.717) is 6.61 Å². The van der Waals surface area contributed by atoms with E-state index < -0.39 is 5.97 Å². The summed E-state index contributed by atoms with van der Waals surface area (Å²) in [6.07, 6.45) is 6.08. The van der Waals surface area contributed by atoms with Crippen LogP contribution in [0, 0.1) is 11.3 Å². The quantitative estimate of drug-likeness (QED) is 0.379. The number of unbranched alkanes of at least 4 members (excludes halogenated alkanes) is 1. The van der Waals surface area contributed by atoms with Crippen LogP contribution in [0.5, 0.6) is 0 Å². The molecule has 0 fully saturated rings. The fourth-order valence-electron chi connectivity index (χ4n) is 2.33. The number of para-hydroxylation sites is 1. The average Bonchev–Trinajstić information content (AvgIpc) is 2.95. The monoisotopic (exact) mass is 296 g/mol. The number of nitrogens with one attached hydrogen (secondary N) is 1. The third-order valence-electron chi connectivity index (χ3n) is 3.59. The first-order valence-electron chi connectivity index (χ1n) is 7.59. The Morgan fingerprint density at radius 3 is 2.91 bits per heavy atom. The number of rotatable bonds is 6. The molecule has 0 bridgehead atoms. The van der Waals surface area contributed by atoms with Crippen molar-refractivity contribution in [2.45, 2.75) is 33.1 Å². The van der Waals surface area contributed by atoms with Gasteiger partial charge in [0.1, 0.15) is 11.6 Å². The minimum Gasteiger partial charge on any atom is -0.462 e. The normalized spacial score (nSPS) is 11.4. The molecule has 1 N–H and O–H groups in total. The number of nitrogens with zero attached hydrogens (tertiary/aromatic N) is 1. The zero-order valence-electron chi connectivity index (χ0n) is 13.0. The fourth-order valence-corrected chi connectivity index (χ4v) is 2.33. The van der Waals surface area contributed by atoms with Crippen LogP contribution in [0.2, 0.25) is 0 Å². The largest absolute Gasteiger partial charge is 0.462 e. The molecular weight excluding hydrogens is 276 g/mol. The van der Waals surface area contributed by atoms with E-state index in [-0.39, 0.29) is 5.57 Å². The van der Waals surface area contributed by atoms with Crippen LogP contribution in [0.25, 0.3) is 17.0 Å². The molecule has 2 rings (SSSR count). The number of benzene rings is 1. The molecular formula is C18H20N2O2. The zero-order chi connectivity index (χ0) is 15.9. The molecule has 2 aromatic rings. The number of ether oxygens (including phenoxy) is 1. The van der Waals surface area contributed by atoms with Crippen LogP contribution < -0.4 is 0 Å². The van der Waals surface area contributed by atoms with Crippen molar-refractivity contribution in [2.75, 3.05) is 6.61 Å². The number of aromatic nitrogens is 1. The van der Waals surface area contributed by atoms with Crippen molar-refractivity contribution in [2.24, 2.45) is 0 Å². The Balaban J connectivity index is 2.31. The molecule has 0 unspecified atom stereocenters. The lowest BCUT2D eigenvalue weighted by Crippen LogP contribution is -2.07. The maximum absolute atomic E-state index is 11.9. The minimum absolute atomic E-state index is 0.0268. The van der Waals surface area contributed by atoms with Crippen molar-refractivity contribution in [1.29, 1.82) is 5.26 Å². The van der Waals surface area contributed by atoms with Crippen LogP contribution in [0.15, 0.2) is 30.0 Å². The molecule has 0 amide bonds. The molecule has 4 nitrogen and oxygen atoms in total. The molecule has 4 heteroatoms. The Labute approximate surface area is 130 Å². The van der Waals surface area contributed by atoms with Crippen molar-refractivity contribution in [1.82, 2.24) is 4.98 Å². The van der Waals surface area contributed by atoms with Gasteiger partial charge in [-0.3, -0.25) is 0 Å². The first-order chi connectivity index (χ1) is 10.7. The number of aromatic amines is 1. The van der Waals surface area contributed by atoms with Gasteiger partial charge in [-0.15, -0.1) is 0 Å². The van der Waals surface area contributed by atoms with E-state index in [2.05, 4.69) is 18.0 Å². The predicted molar refractivity (Wildman–Crippen MR) is 87.1 cm³/mol. The number of carbonyl (C=O) groups is 1. The molecule has 1 heterocycles. The number of hydrogen-bond acceptors (Lipinski definition) is 3. The summed E-state index contributed by atoms with van der Waals surface area (Å²) < 4.78 is 5.10. The second-order valence-electron chi connectivity index (χ2n) is 5.10. The first kappa shape index (κ1) is 15.8. The highest BCUT2D eigenvalue weighted by Crippen LogP contribution is 2.24. The van der Waals surface area contributed by atoms with E-state index in [4.69, 9.17) is 4.74 Å². The summed E-state index contributed by atoms with van der Waals surface area (Å²) >= 11 is 0. The lowest BCUT2D eigenvalue weighted by molar-refractivity contribution is -0.138. The summed E-state index contributed by atoms with van der Waals surface area (Å²) in [7, 11) is 0. The number of fused-ring (bicyclic) bond motifs is 1. The van der Waals surface area contributed by atoms with Gasteiger partial charge in [-0.25, -0.2) is 4.79 Å². The molecule has 0 radical (unpaired) electrons. The number of carbonyl (C=O) groups excluding carboxylic acids is 1. The van der Waals surface area contributed by atoms with Gasteiger partial charge < -0.3 is 9.72 Å². The third kappa shape index (κ3) is 3.37. The molecule has 1 aromatic heterocycles. The third-order valence-corrected chi connectivity index (χ3v) is 3.59. The maximum atomic E-state index is 11.9. The lowest BCUT2D eigenvalue weighted by atomic mass is 10.1. The topological polar surface area (TPSA) is 65.9 Å². The summed E-state index contributed by atoms with van der Waals surface area (Å²) in [4.78, 5) is 15.1. The highest BCUT2D eigenvalue weighted by molar-refractivity contribution is 6.01. The molecule has 22 heavy (non-hydrogen) atoms. The number of esters is 1. The Hall–Kier alpha value is -2.54. The van der Waals surface area contributed by atoms with Crippen molar-refractivity contribution in [3.8, 4) is 6.07 Å². The van der Waals surface area contributed by atoms with Crippen molar-refractivity contribution in [3.63, 3.8) is 0 Å². The molecule has 0 saturated carbocycles. The number of hydrogen-bond donors (Lipinski definition) is 1. The Bertz CT molecular complexity index is 735. The predicted octanol–water partition coefficient (Wildman–Crippen LogP) is 3.98. The molecule has 0 aliphatic carbocycles. The highest BCUT2D eigenvalue weighted by Gasteiger charge is 2.12. The summed E-state index contributed by atoms with van der Waals surface area (Å²) in [5.74, 6) is -0.558. The molecule has 0 spiro atoms. The van der Waals surface area contributed by atoms with Crippen LogP contribution in [0.4, 0.5) is 0 Å². The molecule has 0 atom stereocenters. The van der Waals surface area contributed by atoms with Crippen LogP contribution in [0.1, 0.15) is 37.8 Å². The summed E-state index contributed by atoms with van der Waals surface area (Å²) in [5.41, 5.74) is 3.11. The summed E-state index contributed by atoms with van der Waals surface area (Å²) in [6, 6.07) is 7.96. The van der Waals surface area contributed by atoms with Crippen molar-refractivity contribution in [3.05, 3.63) is 41.1 Å². The van der Waals surface area contributed by atoms with E-state index >= 15 is 0 Å². The molecule has 0 saturated heterocycles. The van der Waals surface area contributed by atoms with Crippen LogP contribution >= 0.6 is 0 Å². The number of nitriles is 1. The van der Waals surface area contributed by atoms with Crippen LogP contribution in [-0.2, 0) is 16.0 Å². The van der Waals surface area contributed by atoms with Gasteiger partial charge in [0.05, 0.1) is 6.61 Å². The summed E-state index contributed by atoms with van der Waals surface area (Å²) in [5, 5.41) is 10.2. The fraction of sp³-hybridized carbons (Fsp3) is 0.333. The minimum atomic E-state index is -0.558. The van der Waals surface area contributed by atoms with Crippen LogP contribution in [-0.4, -0.2) is 17.6 Å². The first-order valence-corrected chi connectivity index (χ1v) is 7.59. The molecule has 0 aliphatic rings. The molecule has 1 aromatic carbocycles. The van der Waals surface area contributed by atoms with Gasteiger partial charge in [0.15, 0.2) is 0 Å². The van der Waals surface area contributed by atoms with E-state index in [9.17, 15) is 10.1 Å². The van der Waals surface area contributed by atoms with Gasteiger partial charge in [0.25, 0.3) is 0 Å². The molecule has 0 aliphatic heterocycles. The van der Waals surface area contributed by atoms with Crippen molar-refractivity contribution >= 4 is 22.9 Å². The zero-order valence-corrected chi connectivity index (χ0v) is 13.0. The van der Waals surface area contributed by atoms with Crippen LogP contribution in [0.3, 0.4) is 0 Å². The standard InChI is InChI=1S/C18H20N2O2/c1-3-5-9-22-18(21)14(11-19)10-15-12-20-17-13(4-2)7-6-8-16(15)17/h6-8,10,12,20H,3-5,9H2,1-2H3/b14-10+. The van der Waals surface area contributed by atoms with E-state index in [1.54, 1.807) is 6.08 Å². The Morgan fingerprint density at radius 1 is 1.41 bits per heavy atom. The highest BCUT2D eigenvalue weighted by atomic mass is 16.5. The van der Waals surface area contributed by atoms with E-state index in [1.165, 1.54) is 5.56 Å². The molecule has 114 valence electrons. The summed E-state index contributed by atoms with van der Waals surface area (Å²) in [6.45, 7) is 4.46. The second kappa shape index (κ2) is 7.46. The number of H-pyrrole nitrogens is 1. The average molecular weight is 296 g/mol. The maximum Gasteiger partial charge on any atom is 0.348 e. The smallest absolute Gasteiger partial charge is 0.348 e. The van der Waals surface area contributed by atoms with E-state index in [1.807, 2.05) is 31.3 Å². The van der Waals surface area contributed by atoms with Crippen molar-refractivity contribution < 1.29 is 9.53 Å². The lowest BCUT2D eigenvalue weighted by Gasteiger charge is -2.02. The van der Waals surface area contributed by atoms with Gasteiger partial charge in [0.2, 0.25) is 0 Å². The van der Waals surface area contributed by atoms with E-state index in [0.717, 1.165) is 35.7 Å². The Morgan fingerprint density at radius 2 is 2.23 bits per heavy atom. The van der Waals surface area contributed by atoms with Gasteiger partial charge in [0, 0.05) is 22.7 Å². The van der Waals surface area contributed by atoms with Gasteiger partial charge in [-0.1, -0.05) is 38.5 Å². The Kier molecular flexibility index (Phi) is 5.37. The second-order valence-corrected chi connectivity index (χ2v) is 5.10. The van der Waals surface area contributed by atoms with Gasteiger partial charge >= 0.3 is 5.97 Å². The van der Waals surface area contributed by atoms with Gasteiger partial charge in [-0.2, -0.15) is 5.26 Å². The van der Waals surface area contributed by atoms with Gasteiger partial charge in [-0.05, 0) is 24.5 Å². The number of aryl methyl sites for hydroxylation is 1. The SMILES string of the molecule is CCCCOC(=O)/C(C#N)=C/c1c[nH]c2c(CC)cccc12.